The van der Waals surface area contributed by atoms with Crippen molar-refractivity contribution in [3.05, 3.63) is 0 Å². The van der Waals surface area contributed by atoms with Crippen molar-refractivity contribution >= 4 is 11.8 Å². The van der Waals surface area contributed by atoms with Crippen molar-refractivity contribution < 1.29 is 8.78 Å². The molecule has 1 aliphatic heterocycles. The van der Waals surface area contributed by atoms with Crippen molar-refractivity contribution in [1.82, 2.24) is 0 Å². The van der Waals surface area contributed by atoms with Crippen LogP contribution in [0.15, 0.2) is 0 Å². The third kappa shape index (κ3) is 2.06. The van der Waals surface area contributed by atoms with E-state index in [-0.39, 0.29) is 12.2 Å². The molecule has 1 unspecified atom stereocenters. The van der Waals surface area contributed by atoms with E-state index >= 15 is 0 Å². The Balaban J connectivity index is 2.54. The van der Waals surface area contributed by atoms with E-state index < -0.39 is 11.8 Å². The van der Waals surface area contributed by atoms with Crippen LogP contribution >= 0.6 is 11.8 Å². The summed E-state index contributed by atoms with van der Waals surface area (Å²) in [6, 6.07) is 1.80. The number of hydrogen-bond acceptors (Lipinski definition) is 2. The number of halogens is 2. The van der Waals surface area contributed by atoms with Crippen molar-refractivity contribution in [2.75, 3.05) is 11.5 Å². The Kier molecular flexibility index (Phi) is 2.72. The van der Waals surface area contributed by atoms with Crippen LogP contribution in [0.25, 0.3) is 0 Å². The average molecular weight is 177 g/mol. The summed E-state index contributed by atoms with van der Waals surface area (Å²) in [6.45, 7) is 0. The number of nitriles is 1. The molecule has 0 aromatic heterocycles. The van der Waals surface area contributed by atoms with Crippen LogP contribution in [0.5, 0.6) is 0 Å². The van der Waals surface area contributed by atoms with E-state index in [1.165, 1.54) is 11.8 Å². The fraction of sp³-hybridized carbons (Fsp3) is 0.857. The summed E-state index contributed by atoms with van der Waals surface area (Å²) in [5.41, 5.74) is 0. The minimum absolute atomic E-state index is 0.00639. The lowest BCUT2D eigenvalue weighted by molar-refractivity contribution is -0.0370. The van der Waals surface area contributed by atoms with Crippen LogP contribution in [0.3, 0.4) is 0 Å². The van der Waals surface area contributed by atoms with Gasteiger partial charge < -0.3 is 0 Å². The van der Waals surface area contributed by atoms with E-state index in [1.54, 1.807) is 6.07 Å². The van der Waals surface area contributed by atoms with Crippen LogP contribution in [0.2, 0.25) is 0 Å². The summed E-state index contributed by atoms with van der Waals surface area (Å²) in [6.07, 6.45) is 0.471. The summed E-state index contributed by atoms with van der Waals surface area (Å²) in [7, 11) is 0. The molecule has 0 radical (unpaired) electrons. The molecule has 1 atom stereocenters. The van der Waals surface area contributed by atoms with Gasteiger partial charge in [0, 0.05) is 12.3 Å². The number of thioether (sulfide) groups is 1. The van der Waals surface area contributed by atoms with Crippen LogP contribution in [0.1, 0.15) is 12.8 Å². The molecule has 0 saturated carbocycles. The maximum Gasteiger partial charge on any atom is 0.260 e. The summed E-state index contributed by atoms with van der Waals surface area (Å²) >= 11 is 1.27. The summed E-state index contributed by atoms with van der Waals surface area (Å²) < 4.78 is 25.8. The number of rotatable bonds is 1. The predicted octanol–water partition coefficient (Wildman–Crippen LogP) is 2.29. The molecular formula is C7H9F2NS. The quantitative estimate of drug-likeness (QED) is 0.613. The Morgan fingerprint density at radius 2 is 2.36 bits per heavy atom. The fourth-order valence-corrected chi connectivity index (χ4v) is 2.23. The van der Waals surface area contributed by atoms with Crippen LogP contribution < -0.4 is 0 Å². The lowest BCUT2D eigenvalue weighted by Gasteiger charge is -2.28. The van der Waals surface area contributed by atoms with Crippen molar-refractivity contribution in [1.29, 1.82) is 5.26 Å². The van der Waals surface area contributed by atoms with E-state index in [0.29, 0.717) is 6.42 Å². The lowest BCUT2D eigenvalue weighted by atomic mass is 9.96. The van der Waals surface area contributed by atoms with E-state index in [2.05, 4.69) is 0 Å². The zero-order valence-electron chi connectivity index (χ0n) is 6.02. The molecule has 1 rings (SSSR count). The molecule has 0 aliphatic carbocycles. The van der Waals surface area contributed by atoms with Gasteiger partial charge in [-0.05, 0) is 12.2 Å². The van der Waals surface area contributed by atoms with Gasteiger partial charge in [-0.15, -0.1) is 0 Å². The second kappa shape index (κ2) is 3.40. The Morgan fingerprint density at radius 3 is 2.91 bits per heavy atom. The zero-order valence-corrected chi connectivity index (χ0v) is 6.83. The average Bonchev–Trinajstić information content (AvgIpc) is 1.94. The highest BCUT2D eigenvalue weighted by atomic mass is 32.2. The van der Waals surface area contributed by atoms with Crippen LogP contribution in [0, 0.1) is 17.2 Å². The molecule has 1 nitrogen and oxygen atoms in total. The third-order valence-corrected chi connectivity index (χ3v) is 2.95. The first kappa shape index (κ1) is 8.79. The van der Waals surface area contributed by atoms with Gasteiger partial charge in [0.25, 0.3) is 5.92 Å². The summed E-state index contributed by atoms with van der Waals surface area (Å²) in [4.78, 5) is 0. The topological polar surface area (TPSA) is 23.8 Å². The number of nitrogens with zero attached hydrogens (tertiary/aromatic N) is 1. The molecule has 1 aliphatic rings. The second-order valence-electron chi connectivity index (χ2n) is 2.66. The fourth-order valence-electron chi connectivity index (χ4n) is 1.12. The summed E-state index contributed by atoms with van der Waals surface area (Å²) in [5.74, 6) is -2.66. The lowest BCUT2D eigenvalue weighted by Crippen LogP contribution is -2.34. The Bertz CT molecular complexity index is 176. The van der Waals surface area contributed by atoms with Gasteiger partial charge in [0.2, 0.25) is 0 Å². The molecule has 1 heterocycles. The number of hydrogen-bond donors (Lipinski definition) is 0. The van der Waals surface area contributed by atoms with Crippen LogP contribution in [0.4, 0.5) is 8.78 Å². The maximum atomic E-state index is 12.9. The highest BCUT2D eigenvalue weighted by Gasteiger charge is 2.41. The minimum Gasteiger partial charge on any atom is -0.206 e. The molecule has 0 aromatic rings. The van der Waals surface area contributed by atoms with Crippen LogP contribution in [-0.4, -0.2) is 17.4 Å². The molecule has 1 fully saturated rings. The highest BCUT2D eigenvalue weighted by Crippen LogP contribution is 2.38. The van der Waals surface area contributed by atoms with Gasteiger partial charge in [-0.25, -0.2) is 8.78 Å². The predicted molar refractivity (Wildman–Crippen MR) is 40.6 cm³/mol. The van der Waals surface area contributed by atoms with E-state index in [1.807, 2.05) is 0 Å². The molecule has 4 heteroatoms. The zero-order chi connectivity index (χ0) is 8.32. The first-order valence-corrected chi connectivity index (χ1v) is 4.65. The van der Waals surface area contributed by atoms with Gasteiger partial charge in [-0.1, -0.05) is 0 Å². The Morgan fingerprint density at radius 1 is 1.64 bits per heavy atom. The van der Waals surface area contributed by atoms with E-state index in [4.69, 9.17) is 5.26 Å². The normalized spacial score (nSPS) is 29.4. The summed E-state index contributed by atoms with van der Waals surface area (Å²) in [5, 5.41) is 8.26. The van der Waals surface area contributed by atoms with Crippen molar-refractivity contribution in [3.8, 4) is 6.07 Å². The molecule has 62 valence electrons. The van der Waals surface area contributed by atoms with Crippen molar-refractivity contribution in [2.45, 2.75) is 18.8 Å². The largest absolute Gasteiger partial charge is 0.260 e. The molecule has 1 saturated heterocycles. The van der Waals surface area contributed by atoms with Crippen molar-refractivity contribution in [3.63, 3.8) is 0 Å². The standard InChI is InChI=1S/C7H9F2NS/c8-7(9)5-11-4-2-6(7)1-3-10/h6H,1-2,4-5H2. The molecule has 0 aromatic carbocycles. The van der Waals surface area contributed by atoms with Crippen molar-refractivity contribution in [2.24, 2.45) is 5.92 Å². The first-order valence-electron chi connectivity index (χ1n) is 3.49. The maximum absolute atomic E-state index is 12.9. The van der Waals surface area contributed by atoms with Gasteiger partial charge in [-0.3, -0.25) is 0 Å². The highest BCUT2D eigenvalue weighted by molar-refractivity contribution is 7.99. The minimum atomic E-state index is -2.61. The monoisotopic (exact) mass is 177 g/mol. The third-order valence-electron chi connectivity index (χ3n) is 1.84. The van der Waals surface area contributed by atoms with E-state index in [0.717, 1.165) is 5.75 Å². The molecular weight excluding hydrogens is 168 g/mol. The SMILES string of the molecule is N#CCC1CCSCC1(F)F. The Labute approximate surface area is 68.8 Å². The molecule has 0 spiro atoms. The second-order valence-corrected chi connectivity index (χ2v) is 3.77. The first-order chi connectivity index (χ1) is 5.17. The smallest absolute Gasteiger partial charge is 0.206 e. The number of alkyl halides is 2. The van der Waals surface area contributed by atoms with Gasteiger partial charge in [0.05, 0.1) is 11.8 Å². The molecule has 0 bridgehead atoms. The van der Waals surface area contributed by atoms with Gasteiger partial charge in [0.15, 0.2) is 0 Å². The van der Waals surface area contributed by atoms with Crippen LogP contribution in [-0.2, 0) is 0 Å². The van der Waals surface area contributed by atoms with E-state index in [9.17, 15) is 8.78 Å². The van der Waals surface area contributed by atoms with Gasteiger partial charge in [-0.2, -0.15) is 17.0 Å². The molecule has 11 heavy (non-hydrogen) atoms. The molecule has 0 amide bonds. The molecule has 0 N–H and O–H groups in total. The van der Waals surface area contributed by atoms with Gasteiger partial charge >= 0.3 is 0 Å². The Hall–Kier alpha value is -0.300. The van der Waals surface area contributed by atoms with Gasteiger partial charge in [0.1, 0.15) is 0 Å².